The molecular formula is C16H16FNO3S. The molecular weight excluding hydrogens is 305 g/mol. The van der Waals surface area contributed by atoms with Crippen LogP contribution in [-0.2, 0) is 9.84 Å². The van der Waals surface area contributed by atoms with E-state index in [1.165, 1.54) is 24.3 Å². The third kappa shape index (κ3) is 3.51. The van der Waals surface area contributed by atoms with Crippen LogP contribution in [0.4, 0.5) is 10.1 Å². The highest BCUT2D eigenvalue weighted by Crippen LogP contribution is 2.20. The predicted octanol–water partition coefficient (Wildman–Crippen LogP) is 3.10. The zero-order valence-corrected chi connectivity index (χ0v) is 13.3. The number of aryl methyl sites for hydroxylation is 2. The first-order chi connectivity index (χ1) is 10.2. The van der Waals surface area contributed by atoms with Gasteiger partial charge in [-0.05, 0) is 49.2 Å². The predicted molar refractivity (Wildman–Crippen MR) is 83.4 cm³/mol. The average Bonchev–Trinajstić information content (AvgIpc) is 2.41. The Balaban J connectivity index is 2.37. The third-order valence-electron chi connectivity index (χ3n) is 3.25. The van der Waals surface area contributed by atoms with E-state index in [4.69, 9.17) is 0 Å². The van der Waals surface area contributed by atoms with Crippen LogP contribution in [0.15, 0.2) is 41.3 Å². The lowest BCUT2D eigenvalue weighted by atomic mass is 10.1. The molecule has 0 saturated heterocycles. The van der Waals surface area contributed by atoms with Crippen molar-refractivity contribution in [1.29, 1.82) is 0 Å². The summed E-state index contributed by atoms with van der Waals surface area (Å²) >= 11 is 0. The number of hydrogen-bond acceptors (Lipinski definition) is 3. The molecule has 0 radical (unpaired) electrons. The minimum absolute atomic E-state index is 0.0487. The van der Waals surface area contributed by atoms with E-state index in [2.05, 4.69) is 5.32 Å². The quantitative estimate of drug-likeness (QED) is 0.945. The molecule has 0 aliphatic heterocycles. The van der Waals surface area contributed by atoms with Crippen LogP contribution in [0.25, 0.3) is 0 Å². The Hall–Kier alpha value is -2.21. The second-order valence-corrected chi connectivity index (χ2v) is 7.20. The molecule has 0 saturated carbocycles. The topological polar surface area (TPSA) is 63.2 Å². The van der Waals surface area contributed by atoms with Gasteiger partial charge in [-0.25, -0.2) is 12.8 Å². The molecule has 0 heterocycles. The van der Waals surface area contributed by atoms with Crippen molar-refractivity contribution in [3.8, 4) is 0 Å². The Morgan fingerprint density at radius 3 is 2.36 bits per heavy atom. The number of amides is 1. The Labute approximate surface area is 128 Å². The van der Waals surface area contributed by atoms with E-state index in [0.29, 0.717) is 5.56 Å². The number of nitrogens with one attached hydrogen (secondary N) is 1. The van der Waals surface area contributed by atoms with E-state index in [1.807, 2.05) is 0 Å². The summed E-state index contributed by atoms with van der Waals surface area (Å²) in [5.41, 5.74) is 1.60. The molecule has 0 aliphatic rings. The number of sulfone groups is 1. The Bertz CT molecular complexity index is 844. The first-order valence-electron chi connectivity index (χ1n) is 6.56. The third-order valence-corrected chi connectivity index (χ3v) is 4.36. The molecule has 0 unspecified atom stereocenters. The van der Waals surface area contributed by atoms with Crippen molar-refractivity contribution in [2.75, 3.05) is 11.6 Å². The molecule has 2 rings (SSSR count). The first kappa shape index (κ1) is 16.2. The summed E-state index contributed by atoms with van der Waals surface area (Å²) in [6, 6.07) is 8.75. The van der Waals surface area contributed by atoms with E-state index < -0.39 is 21.6 Å². The van der Waals surface area contributed by atoms with Gasteiger partial charge in [0.2, 0.25) is 0 Å². The van der Waals surface area contributed by atoms with Crippen LogP contribution in [0.1, 0.15) is 21.5 Å². The van der Waals surface area contributed by atoms with Gasteiger partial charge in [0, 0.05) is 11.8 Å². The van der Waals surface area contributed by atoms with Gasteiger partial charge in [-0.15, -0.1) is 0 Å². The van der Waals surface area contributed by atoms with Gasteiger partial charge < -0.3 is 5.32 Å². The molecule has 116 valence electrons. The summed E-state index contributed by atoms with van der Waals surface area (Å²) < 4.78 is 36.9. The fourth-order valence-corrected chi connectivity index (χ4v) is 2.63. The molecule has 2 aromatic carbocycles. The van der Waals surface area contributed by atoms with Crippen molar-refractivity contribution in [3.05, 3.63) is 58.9 Å². The van der Waals surface area contributed by atoms with Crippen LogP contribution in [0.5, 0.6) is 0 Å². The summed E-state index contributed by atoms with van der Waals surface area (Å²) in [5.74, 6) is -1.09. The summed E-state index contributed by atoms with van der Waals surface area (Å²) in [4.78, 5) is 12.3. The van der Waals surface area contributed by atoms with Crippen molar-refractivity contribution < 1.29 is 17.6 Å². The summed E-state index contributed by atoms with van der Waals surface area (Å²) in [6.07, 6.45) is 1.07. The average molecular weight is 321 g/mol. The number of rotatable bonds is 3. The maximum absolute atomic E-state index is 13.8. The minimum atomic E-state index is -3.42. The number of carbonyl (C=O) groups is 1. The normalized spacial score (nSPS) is 11.3. The molecule has 0 bridgehead atoms. The molecule has 0 atom stereocenters. The largest absolute Gasteiger partial charge is 0.319 e. The molecule has 0 aromatic heterocycles. The molecule has 4 nitrogen and oxygen atoms in total. The molecule has 6 heteroatoms. The van der Waals surface area contributed by atoms with Gasteiger partial charge in [0.25, 0.3) is 5.91 Å². The highest BCUT2D eigenvalue weighted by Gasteiger charge is 2.15. The van der Waals surface area contributed by atoms with E-state index in [9.17, 15) is 17.6 Å². The summed E-state index contributed by atoms with van der Waals surface area (Å²) in [5, 5.41) is 2.46. The molecule has 1 N–H and O–H groups in total. The van der Waals surface area contributed by atoms with Crippen LogP contribution in [-0.4, -0.2) is 20.6 Å². The zero-order valence-electron chi connectivity index (χ0n) is 12.5. The maximum Gasteiger partial charge on any atom is 0.256 e. The number of halogens is 1. The van der Waals surface area contributed by atoms with Gasteiger partial charge in [0.05, 0.1) is 10.6 Å². The highest BCUT2D eigenvalue weighted by atomic mass is 32.2. The van der Waals surface area contributed by atoms with E-state index in [-0.39, 0.29) is 16.1 Å². The van der Waals surface area contributed by atoms with Gasteiger partial charge in [0.15, 0.2) is 9.84 Å². The molecule has 0 fully saturated rings. The van der Waals surface area contributed by atoms with Crippen molar-refractivity contribution >= 4 is 21.4 Å². The zero-order chi connectivity index (χ0) is 16.5. The van der Waals surface area contributed by atoms with Gasteiger partial charge in [-0.2, -0.15) is 0 Å². The second-order valence-electron chi connectivity index (χ2n) is 5.19. The smallest absolute Gasteiger partial charge is 0.256 e. The van der Waals surface area contributed by atoms with Gasteiger partial charge in [-0.1, -0.05) is 12.1 Å². The lowest BCUT2D eigenvalue weighted by Gasteiger charge is -2.10. The second kappa shape index (κ2) is 5.88. The number of anilines is 1. The summed E-state index contributed by atoms with van der Waals surface area (Å²) in [6.45, 7) is 3.43. The molecule has 2 aromatic rings. The number of benzene rings is 2. The summed E-state index contributed by atoms with van der Waals surface area (Å²) in [7, 11) is -3.42. The fourth-order valence-electron chi connectivity index (χ4n) is 1.99. The van der Waals surface area contributed by atoms with Crippen LogP contribution in [0.2, 0.25) is 0 Å². The van der Waals surface area contributed by atoms with Crippen LogP contribution in [0.3, 0.4) is 0 Å². The lowest BCUT2D eigenvalue weighted by Crippen LogP contribution is -2.15. The Morgan fingerprint density at radius 1 is 1.09 bits per heavy atom. The van der Waals surface area contributed by atoms with Gasteiger partial charge >= 0.3 is 0 Å². The Morgan fingerprint density at radius 2 is 1.77 bits per heavy atom. The van der Waals surface area contributed by atoms with Crippen molar-refractivity contribution in [2.45, 2.75) is 18.7 Å². The lowest BCUT2D eigenvalue weighted by molar-refractivity contribution is 0.102. The van der Waals surface area contributed by atoms with Crippen molar-refractivity contribution in [1.82, 2.24) is 0 Å². The fraction of sp³-hybridized carbons (Fsp3) is 0.188. The number of hydrogen-bond donors (Lipinski definition) is 1. The van der Waals surface area contributed by atoms with Crippen molar-refractivity contribution in [2.24, 2.45) is 0 Å². The van der Waals surface area contributed by atoms with E-state index >= 15 is 0 Å². The van der Waals surface area contributed by atoms with Crippen molar-refractivity contribution in [3.63, 3.8) is 0 Å². The minimum Gasteiger partial charge on any atom is -0.319 e. The monoisotopic (exact) mass is 321 g/mol. The number of carbonyl (C=O) groups excluding carboxylic acids is 1. The van der Waals surface area contributed by atoms with E-state index in [0.717, 1.165) is 11.8 Å². The molecule has 0 spiro atoms. The molecule has 0 aliphatic carbocycles. The molecule has 1 amide bonds. The first-order valence-corrected chi connectivity index (χ1v) is 8.46. The standard InChI is InChI=1S/C16H16FNO3S/c1-10-4-7-15(14(17)8-10)18-16(19)13-9-12(22(3,20)21)6-5-11(13)2/h4-9H,1-3H3,(H,18,19). The van der Waals surface area contributed by atoms with Gasteiger partial charge in [-0.3, -0.25) is 4.79 Å². The van der Waals surface area contributed by atoms with Gasteiger partial charge in [0.1, 0.15) is 5.82 Å². The Kier molecular flexibility index (Phi) is 4.32. The van der Waals surface area contributed by atoms with Crippen LogP contribution in [0, 0.1) is 19.7 Å². The SMILES string of the molecule is Cc1ccc(NC(=O)c2cc(S(C)(=O)=O)ccc2C)c(F)c1. The molecule has 22 heavy (non-hydrogen) atoms. The van der Waals surface area contributed by atoms with E-state index in [1.54, 1.807) is 26.0 Å². The highest BCUT2D eigenvalue weighted by molar-refractivity contribution is 7.90. The maximum atomic E-state index is 13.8. The van der Waals surface area contributed by atoms with Crippen LogP contribution >= 0.6 is 0 Å². The van der Waals surface area contributed by atoms with Crippen LogP contribution < -0.4 is 5.32 Å².